The molecule has 0 aliphatic heterocycles. The van der Waals surface area contributed by atoms with Gasteiger partial charge in [0.1, 0.15) is 0 Å². The highest BCUT2D eigenvalue weighted by Gasteiger charge is 2.15. The van der Waals surface area contributed by atoms with Crippen molar-refractivity contribution < 1.29 is 5.11 Å². The van der Waals surface area contributed by atoms with E-state index in [1.54, 1.807) is 13.8 Å². The van der Waals surface area contributed by atoms with Crippen LogP contribution in [-0.4, -0.2) is 32.2 Å². The first-order valence-corrected chi connectivity index (χ1v) is 5.53. The van der Waals surface area contributed by atoms with E-state index < -0.39 is 5.60 Å². The maximum absolute atomic E-state index is 9.53. The molecule has 1 heterocycles. The Morgan fingerprint density at radius 2 is 1.94 bits per heavy atom. The van der Waals surface area contributed by atoms with Crippen LogP contribution in [0.5, 0.6) is 0 Å². The first-order chi connectivity index (χ1) is 7.18. The number of aliphatic hydroxyl groups is 1. The monoisotopic (exact) mass is 226 g/mol. The second-order valence-electron chi connectivity index (χ2n) is 5.74. The lowest BCUT2D eigenvalue weighted by Gasteiger charge is -2.18. The predicted molar refractivity (Wildman–Crippen MR) is 63.0 cm³/mol. The van der Waals surface area contributed by atoms with Crippen molar-refractivity contribution in [2.75, 3.05) is 6.54 Å². The summed E-state index contributed by atoms with van der Waals surface area (Å²) >= 11 is 0. The van der Waals surface area contributed by atoms with E-state index in [2.05, 4.69) is 36.4 Å². The molecule has 0 aromatic carbocycles. The van der Waals surface area contributed by atoms with Crippen LogP contribution in [0.1, 0.15) is 40.3 Å². The Balaban J connectivity index is 2.48. The van der Waals surface area contributed by atoms with E-state index in [0.717, 1.165) is 5.69 Å². The molecule has 0 amide bonds. The fraction of sp³-hybridized carbons (Fsp3) is 0.818. The zero-order valence-electron chi connectivity index (χ0n) is 10.8. The van der Waals surface area contributed by atoms with E-state index in [1.165, 1.54) is 0 Å². The molecule has 1 aromatic rings. The molecule has 0 radical (unpaired) electrons. The third-order valence-electron chi connectivity index (χ3n) is 2.09. The smallest absolute Gasteiger partial charge is 0.0965 e. The minimum absolute atomic E-state index is 0.0402. The van der Waals surface area contributed by atoms with Gasteiger partial charge < -0.3 is 10.4 Å². The van der Waals surface area contributed by atoms with Gasteiger partial charge in [-0.05, 0) is 34.6 Å². The summed E-state index contributed by atoms with van der Waals surface area (Å²) in [6.45, 7) is 10.9. The molecular formula is C11H22N4O. The van der Waals surface area contributed by atoms with Gasteiger partial charge in [-0.3, -0.25) is 0 Å². The molecule has 16 heavy (non-hydrogen) atoms. The van der Waals surface area contributed by atoms with E-state index in [-0.39, 0.29) is 5.54 Å². The largest absolute Gasteiger partial charge is 0.389 e. The number of hydrogen-bond donors (Lipinski definition) is 2. The van der Waals surface area contributed by atoms with E-state index in [9.17, 15) is 5.11 Å². The van der Waals surface area contributed by atoms with Crippen molar-refractivity contribution in [2.24, 2.45) is 0 Å². The van der Waals surface area contributed by atoms with Crippen molar-refractivity contribution in [1.82, 2.24) is 20.3 Å². The Bertz CT molecular complexity index is 332. The van der Waals surface area contributed by atoms with Crippen molar-refractivity contribution in [3.05, 3.63) is 11.9 Å². The number of nitrogens with zero attached hydrogens (tertiary/aromatic N) is 3. The molecule has 0 saturated heterocycles. The van der Waals surface area contributed by atoms with Gasteiger partial charge >= 0.3 is 0 Å². The van der Waals surface area contributed by atoms with Crippen LogP contribution in [0.2, 0.25) is 0 Å². The average molecular weight is 226 g/mol. The molecule has 0 saturated carbocycles. The lowest BCUT2D eigenvalue weighted by atomic mass is 10.1. The lowest BCUT2D eigenvalue weighted by Crippen LogP contribution is -2.34. The Kier molecular flexibility index (Phi) is 3.70. The van der Waals surface area contributed by atoms with E-state index in [1.807, 2.05) is 10.9 Å². The molecule has 0 fully saturated rings. The summed E-state index contributed by atoms with van der Waals surface area (Å²) < 4.78 is 1.84. The molecule has 0 spiro atoms. The number of nitrogens with one attached hydrogen (secondary N) is 1. The molecule has 0 bridgehead atoms. The van der Waals surface area contributed by atoms with E-state index in [4.69, 9.17) is 0 Å². The summed E-state index contributed by atoms with van der Waals surface area (Å²) in [6, 6.07) is 0. The number of hydrogen-bond acceptors (Lipinski definition) is 4. The van der Waals surface area contributed by atoms with Crippen LogP contribution < -0.4 is 5.32 Å². The average Bonchev–Trinajstić information content (AvgIpc) is 2.49. The van der Waals surface area contributed by atoms with Crippen molar-refractivity contribution >= 4 is 0 Å². The Labute approximate surface area is 96.9 Å². The van der Waals surface area contributed by atoms with Crippen LogP contribution in [0.3, 0.4) is 0 Å². The first-order valence-electron chi connectivity index (χ1n) is 5.53. The molecule has 92 valence electrons. The highest BCUT2D eigenvalue weighted by Crippen LogP contribution is 2.11. The minimum atomic E-state index is -0.694. The predicted octanol–water partition coefficient (Wildman–Crippen LogP) is 0.894. The van der Waals surface area contributed by atoms with E-state index >= 15 is 0 Å². The third-order valence-corrected chi connectivity index (χ3v) is 2.09. The number of rotatable bonds is 4. The Morgan fingerprint density at radius 3 is 2.38 bits per heavy atom. The maximum Gasteiger partial charge on any atom is 0.0965 e. The van der Waals surface area contributed by atoms with Gasteiger partial charge in [-0.25, -0.2) is 4.68 Å². The fourth-order valence-corrected chi connectivity index (χ4v) is 1.20. The third kappa shape index (κ3) is 4.28. The van der Waals surface area contributed by atoms with Crippen LogP contribution >= 0.6 is 0 Å². The summed E-state index contributed by atoms with van der Waals surface area (Å²) in [5.74, 6) is 0. The highest BCUT2D eigenvalue weighted by molar-refractivity contribution is 4.94. The lowest BCUT2D eigenvalue weighted by molar-refractivity contribution is 0.0794. The zero-order valence-corrected chi connectivity index (χ0v) is 10.8. The quantitative estimate of drug-likeness (QED) is 0.800. The van der Waals surface area contributed by atoms with Crippen LogP contribution in [-0.2, 0) is 12.1 Å². The molecule has 5 nitrogen and oxygen atoms in total. The standard InChI is InChI=1S/C11H22N4O/c1-10(2,3)15-7-9(13-14-15)6-12-8-11(4,5)16/h7,12,16H,6,8H2,1-5H3. The molecular weight excluding hydrogens is 204 g/mol. The van der Waals surface area contributed by atoms with Gasteiger partial charge in [0.25, 0.3) is 0 Å². The first kappa shape index (κ1) is 13.1. The van der Waals surface area contributed by atoms with Crippen molar-refractivity contribution in [1.29, 1.82) is 0 Å². The van der Waals surface area contributed by atoms with Crippen molar-refractivity contribution in [3.63, 3.8) is 0 Å². The summed E-state index contributed by atoms with van der Waals surface area (Å²) in [5, 5.41) is 20.8. The summed E-state index contributed by atoms with van der Waals surface area (Å²) in [5.41, 5.74) is 0.154. The summed E-state index contributed by atoms with van der Waals surface area (Å²) in [4.78, 5) is 0. The van der Waals surface area contributed by atoms with Crippen LogP contribution in [0.15, 0.2) is 6.20 Å². The Morgan fingerprint density at radius 1 is 1.31 bits per heavy atom. The van der Waals surface area contributed by atoms with Gasteiger partial charge in [0.05, 0.1) is 23.0 Å². The molecule has 2 N–H and O–H groups in total. The fourth-order valence-electron chi connectivity index (χ4n) is 1.20. The summed E-state index contributed by atoms with van der Waals surface area (Å²) in [7, 11) is 0. The molecule has 0 unspecified atom stereocenters. The van der Waals surface area contributed by atoms with Gasteiger partial charge in [0.15, 0.2) is 0 Å². The van der Waals surface area contributed by atoms with Crippen molar-refractivity contribution in [2.45, 2.75) is 52.3 Å². The Hall–Kier alpha value is -0.940. The molecule has 0 aliphatic rings. The van der Waals surface area contributed by atoms with Gasteiger partial charge in [0, 0.05) is 13.1 Å². The molecule has 0 aliphatic carbocycles. The van der Waals surface area contributed by atoms with E-state index in [0.29, 0.717) is 13.1 Å². The second kappa shape index (κ2) is 4.51. The number of aromatic nitrogens is 3. The van der Waals surface area contributed by atoms with Gasteiger partial charge in [0.2, 0.25) is 0 Å². The molecule has 1 rings (SSSR count). The van der Waals surface area contributed by atoms with Gasteiger partial charge in [-0.15, -0.1) is 5.10 Å². The van der Waals surface area contributed by atoms with Crippen LogP contribution in [0.4, 0.5) is 0 Å². The zero-order chi connectivity index (χ0) is 12.4. The highest BCUT2D eigenvalue weighted by atomic mass is 16.3. The van der Waals surface area contributed by atoms with Crippen LogP contribution in [0, 0.1) is 0 Å². The molecule has 0 atom stereocenters. The SMILES string of the molecule is CC(C)(O)CNCc1cn(C(C)(C)C)nn1. The summed E-state index contributed by atoms with van der Waals surface area (Å²) in [6.07, 6.45) is 1.93. The van der Waals surface area contributed by atoms with Gasteiger partial charge in [-0.2, -0.15) is 0 Å². The van der Waals surface area contributed by atoms with Gasteiger partial charge in [-0.1, -0.05) is 5.21 Å². The minimum Gasteiger partial charge on any atom is -0.389 e. The molecule has 5 heteroatoms. The second-order valence-corrected chi connectivity index (χ2v) is 5.74. The van der Waals surface area contributed by atoms with Crippen LogP contribution in [0.25, 0.3) is 0 Å². The maximum atomic E-state index is 9.53. The normalized spacial score (nSPS) is 13.1. The van der Waals surface area contributed by atoms with Crippen molar-refractivity contribution in [3.8, 4) is 0 Å². The molecule has 1 aromatic heterocycles. The topological polar surface area (TPSA) is 63.0 Å².